The second-order valence-corrected chi connectivity index (χ2v) is 3.95. The molecule has 1 aromatic heterocycles. The number of rotatable bonds is 3. The van der Waals surface area contributed by atoms with E-state index in [0.29, 0.717) is 11.3 Å². The SMILES string of the molecule is CC(=NNC(=O)c1cnc[nH]c1=O)c1ccccc1O. The molecule has 0 spiro atoms. The molecule has 3 N–H and O–H groups in total. The van der Waals surface area contributed by atoms with Crippen molar-refractivity contribution in [1.82, 2.24) is 15.4 Å². The van der Waals surface area contributed by atoms with Crippen molar-refractivity contribution >= 4 is 11.6 Å². The van der Waals surface area contributed by atoms with Crippen LogP contribution in [0.1, 0.15) is 22.8 Å². The first-order chi connectivity index (χ1) is 9.59. The zero-order valence-electron chi connectivity index (χ0n) is 10.6. The van der Waals surface area contributed by atoms with Crippen LogP contribution >= 0.6 is 0 Å². The predicted molar refractivity (Wildman–Crippen MR) is 72.6 cm³/mol. The highest BCUT2D eigenvalue weighted by molar-refractivity contribution is 6.02. The van der Waals surface area contributed by atoms with E-state index < -0.39 is 11.5 Å². The fraction of sp³-hybridized carbons (Fsp3) is 0.0769. The third-order valence-electron chi connectivity index (χ3n) is 2.58. The summed E-state index contributed by atoms with van der Waals surface area (Å²) >= 11 is 0. The molecule has 1 aromatic carbocycles. The zero-order chi connectivity index (χ0) is 14.5. The van der Waals surface area contributed by atoms with E-state index in [1.54, 1.807) is 25.1 Å². The third-order valence-corrected chi connectivity index (χ3v) is 2.58. The monoisotopic (exact) mass is 272 g/mol. The van der Waals surface area contributed by atoms with Gasteiger partial charge >= 0.3 is 0 Å². The number of nitrogens with one attached hydrogen (secondary N) is 2. The highest BCUT2D eigenvalue weighted by Crippen LogP contribution is 2.16. The van der Waals surface area contributed by atoms with Crippen molar-refractivity contribution in [2.45, 2.75) is 6.92 Å². The molecule has 2 rings (SSSR count). The minimum Gasteiger partial charge on any atom is -0.507 e. The van der Waals surface area contributed by atoms with Crippen LogP contribution in [0, 0.1) is 0 Å². The lowest BCUT2D eigenvalue weighted by molar-refractivity contribution is 0.0953. The second kappa shape index (κ2) is 5.79. The number of hydrogen-bond acceptors (Lipinski definition) is 5. The van der Waals surface area contributed by atoms with E-state index in [0.717, 1.165) is 6.20 Å². The van der Waals surface area contributed by atoms with E-state index in [1.165, 1.54) is 12.4 Å². The number of para-hydroxylation sites is 1. The molecule has 0 aliphatic rings. The third kappa shape index (κ3) is 2.89. The Morgan fingerprint density at radius 3 is 2.80 bits per heavy atom. The Labute approximate surface area is 114 Å². The minimum atomic E-state index is -0.672. The summed E-state index contributed by atoms with van der Waals surface area (Å²) in [7, 11) is 0. The van der Waals surface area contributed by atoms with Crippen LogP contribution in [0.5, 0.6) is 5.75 Å². The van der Waals surface area contributed by atoms with Crippen molar-refractivity contribution in [3.05, 3.63) is 58.3 Å². The number of aromatic hydroxyl groups is 1. The van der Waals surface area contributed by atoms with Crippen LogP contribution in [0.3, 0.4) is 0 Å². The molecule has 0 radical (unpaired) electrons. The van der Waals surface area contributed by atoms with Crippen molar-refractivity contribution in [3.63, 3.8) is 0 Å². The highest BCUT2D eigenvalue weighted by Gasteiger charge is 2.10. The van der Waals surface area contributed by atoms with E-state index in [2.05, 4.69) is 20.5 Å². The summed E-state index contributed by atoms with van der Waals surface area (Å²) in [5.74, 6) is -0.614. The largest absolute Gasteiger partial charge is 0.507 e. The van der Waals surface area contributed by atoms with Gasteiger partial charge in [0, 0.05) is 11.8 Å². The Bertz CT molecular complexity index is 721. The van der Waals surface area contributed by atoms with Crippen molar-refractivity contribution < 1.29 is 9.90 Å². The van der Waals surface area contributed by atoms with Gasteiger partial charge in [-0.15, -0.1) is 0 Å². The molecule has 0 atom stereocenters. The van der Waals surface area contributed by atoms with Crippen LogP contribution < -0.4 is 11.0 Å². The first-order valence-electron chi connectivity index (χ1n) is 5.75. The molecule has 0 saturated carbocycles. The van der Waals surface area contributed by atoms with Crippen LogP contribution in [0.2, 0.25) is 0 Å². The van der Waals surface area contributed by atoms with Crippen LogP contribution in [0.25, 0.3) is 0 Å². The van der Waals surface area contributed by atoms with Gasteiger partial charge in [0.15, 0.2) is 0 Å². The average molecular weight is 272 g/mol. The second-order valence-electron chi connectivity index (χ2n) is 3.95. The van der Waals surface area contributed by atoms with Gasteiger partial charge < -0.3 is 10.1 Å². The summed E-state index contributed by atoms with van der Waals surface area (Å²) in [6.07, 6.45) is 2.34. The number of carbonyl (C=O) groups excluding carboxylic acids is 1. The number of nitrogens with zero attached hydrogens (tertiary/aromatic N) is 2. The highest BCUT2D eigenvalue weighted by atomic mass is 16.3. The molecule has 0 bridgehead atoms. The van der Waals surface area contributed by atoms with Crippen LogP contribution in [0.4, 0.5) is 0 Å². The first-order valence-corrected chi connectivity index (χ1v) is 5.75. The van der Waals surface area contributed by atoms with Crippen LogP contribution in [-0.4, -0.2) is 26.7 Å². The maximum absolute atomic E-state index is 11.7. The topological polar surface area (TPSA) is 107 Å². The average Bonchev–Trinajstić information content (AvgIpc) is 2.45. The van der Waals surface area contributed by atoms with Crippen LogP contribution in [-0.2, 0) is 0 Å². The fourth-order valence-electron chi connectivity index (χ4n) is 1.54. The Morgan fingerprint density at radius 2 is 2.10 bits per heavy atom. The maximum atomic E-state index is 11.7. The van der Waals surface area contributed by atoms with Gasteiger partial charge in [-0.05, 0) is 19.1 Å². The molecular formula is C13H12N4O3. The fourth-order valence-corrected chi connectivity index (χ4v) is 1.54. The van der Waals surface area contributed by atoms with E-state index in [1.807, 2.05) is 0 Å². The molecule has 20 heavy (non-hydrogen) atoms. The molecule has 0 aliphatic heterocycles. The zero-order valence-corrected chi connectivity index (χ0v) is 10.6. The molecule has 0 fully saturated rings. The Morgan fingerprint density at radius 1 is 1.35 bits per heavy atom. The van der Waals surface area contributed by atoms with Crippen molar-refractivity contribution in [2.75, 3.05) is 0 Å². The number of aromatic nitrogens is 2. The first kappa shape index (κ1) is 13.5. The van der Waals surface area contributed by atoms with E-state index in [-0.39, 0.29) is 11.3 Å². The van der Waals surface area contributed by atoms with Crippen molar-refractivity contribution in [3.8, 4) is 5.75 Å². The smallest absolute Gasteiger partial charge is 0.278 e. The lowest BCUT2D eigenvalue weighted by Crippen LogP contribution is -2.27. The Hall–Kier alpha value is -2.96. The van der Waals surface area contributed by atoms with E-state index in [9.17, 15) is 14.7 Å². The van der Waals surface area contributed by atoms with Crippen molar-refractivity contribution in [1.29, 1.82) is 0 Å². The lowest BCUT2D eigenvalue weighted by atomic mass is 10.1. The molecule has 0 saturated heterocycles. The number of carbonyl (C=O) groups is 1. The predicted octanol–water partition coefficient (Wildman–Crippen LogP) is 0.629. The van der Waals surface area contributed by atoms with E-state index in [4.69, 9.17) is 0 Å². The van der Waals surface area contributed by atoms with Crippen molar-refractivity contribution in [2.24, 2.45) is 5.10 Å². The van der Waals surface area contributed by atoms with Gasteiger partial charge in [-0.1, -0.05) is 12.1 Å². The summed E-state index contributed by atoms with van der Waals surface area (Å²) in [5.41, 5.74) is 2.46. The number of amides is 1. The standard InChI is InChI=1S/C13H12N4O3/c1-8(9-4-2-3-5-11(9)18)16-17-13(20)10-6-14-7-15-12(10)19/h2-7,18H,1H3,(H,17,20)(H,14,15,19). The van der Waals surface area contributed by atoms with Gasteiger partial charge in [-0.3, -0.25) is 9.59 Å². The quantitative estimate of drug-likeness (QED) is 0.562. The van der Waals surface area contributed by atoms with Gasteiger partial charge in [0.2, 0.25) is 0 Å². The number of hydrogen-bond donors (Lipinski definition) is 3. The molecule has 102 valence electrons. The summed E-state index contributed by atoms with van der Waals surface area (Å²) < 4.78 is 0. The molecule has 0 aliphatic carbocycles. The number of hydrazone groups is 1. The summed E-state index contributed by atoms with van der Waals surface area (Å²) in [6, 6.07) is 6.60. The number of phenols is 1. The number of aromatic amines is 1. The van der Waals surface area contributed by atoms with Gasteiger partial charge in [0.1, 0.15) is 11.3 Å². The summed E-state index contributed by atoms with van der Waals surface area (Å²) in [4.78, 5) is 29.1. The molecule has 1 amide bonds. The number of phenolic OH excluding ortho intramolecular Hbond substituents is 1. The Kier molecular flexibility index (Phi) is 3.90. The molecule has 7 nitrogen and oxygen atoms in total. The van der Waals surface area contributed by atoms with Gasteiger partial charge in [-0.25, -0.2) is 10.4 Å². The number of benzene rings is 1. The Balaban J connectivity index is 2.18. The molecule has 7 heteroatoms. The summed E-state index contributed by atoms with van der Waals surface area (Å²) in [5, 5.41) is 13.5. The van der Waals surface area contributed by atoms with Gasteiger partial charge in [-0.2, -0.15) is 5.10 Å². The molecule has 1 heterocycles. The molecule has 2 aromatic rings. The minimum absolute atomic E-state index is 0.0576. The molecule has 0 unspecified atom stereocenters. The van der Waals surface area contributed by atoms with Gasteiger partial charge in [0.05, 0.1) is 12.0 Å². The van der Waals surface area contributed by atoms with Crippen LogP contribution in [0.15, 0.2) is 46.7 Å². The lowest BCUT2D eigenvalue weighted by Gasteiger charge is -2.04. The van der Waals surface area contributed by atoms with E-state index >= 15 is 0 Å². The number of H-pyrrole nitrogens is 1. The van der Waals surface area contributed by atoms with Gasteiger partial charge in [0.25, 0.3) is 11.5 Å². The maximum Gasteiger partial charge on any atom is 0.278 e. The molecular weight excluding hydrogens is 260 g/mol. The summed E-state index contributed by atoms with van der Waals surface area (Å²) in [6.45, 7) is 1.63. The normalized spacial score (nSPS) is 11.2.